The number of hydrogen-bond donors (Lipinski definition) is 2. The molecule has 0 saturated carbocycles. The topological polar surface area (TPSA) is 50.4 Å². The number of ether oxygens (including phenoxy) is 1. The lowest BCUT2D eigenvalue weighted by Crippen LogP contribution is -2.24. The summed E-state index contributed by atoms with van der Waals surface area (Å²) in [6.45, 7) is 0.628. The normalized spacial score (nSPS) is 10.0. The molecule has 0 unspecified atom stereocenters. The zero-order valence-corrected chi connectivity index (χ0v) is 12.5. The maximum Gasteiger partial charge on any atom is 0.257 e. The minimum Gasteiger partial charge on any atom is -0.484 e. The predicted molar refractivity (Wildman–Crippen MR) is 84.8 cm³/mol. The van der Waals surface area contributed by atoms with Crippen molar-refractivity contribution < 1.29 is 9.53 Å². The standard InChI is InChI=1S/C16H17ClN2O2/c1-18-16(20)11-21-14-7-4-6-13(9-14)19-10-12-5-2-3-8-15(12)17/h2-9,19H,10-11H2,1H3,(H,18,20). The summed E-state index contributed by atoms with van der Waals surface area (Å²) in [5.74, 6) is 0.479. The van der Waals surface area contributed by atoms with Gasteiger partial charge in [-0.15, -0.1) is 0 Å². The SMILES string of the molecule is CNC(=O)COc1cccc(NCc2ccccc2Cl)c1. The van der Waals surface area contributed by atoms with Gasteiger partial charge in [-0.2, -0.15) is 0 Å². The third-order valence-corrected chi connectivity index (χ3v) is 3.29. The zero-order valence-electron chi connectivity index (χ0n) is 11.7. The van der Waals surface area contributed by atoms with Crippen molar-refractivity contribution in [1.29, 1.82) is 0 Å². The van der Waals surface area contributed by atoms with Gasteiger partial charge in [0.2, 0.25) is 0 Å². The largest absolute Gasteiger partial charge is 0.484 e. The van der Waals surface area contributed by atoms with E-state index in [0.717, 1.165) is 16.3 Å². The van der Waals surface area contributed by atoms with Crippen molar-refractivity contribution in [2.75, 3.05) is 19.0 Å². The molecule has 0 radical (unpaired) electrons. The zero-order chi connectivity index (χ0) is 15.1. The number of amides is 1. The number of benzene rings is 2. The van der Waals surface area contributed by atoms with Crippen LogP contribution >= 0.6 is 11.6 Å². The molecule has 0 spiro atoms. The van der Waals surface area contributed by atoms with Crippen LogP contribution in [0.4, 0.5) is 5.69 Å². The van der Waals surface area contributed by atoms with Crippen molar-refractivity contribution in [3.05, 3.63) is 59.1 Å². The lowest BCUT2D eigenvalue weighted by Gasteiger charge is -2.10. The summed E-state index contributed by atoms with van der Waals surface area (Å²) in [6, 6.07) is 15.1. The van der Waals surface area contributed by atoms with Crippen LogP contribution in [0.3, 0.4) is 0 Å². The van der Waals surface area contributed by atoms with Crippen molar-refractivity contribution >= 4 is 23.2 Å². The highest BCUT2D eigenvalue weighted by atomic mass is 35.5. The number of anilines is 1. The van der Waals surface area contributed by atoms with E-state index in [1.54, 1.807) is 7.05 Å². The van der Waals surface area contributed by atoms with Crippen molar-refractivity contribution in [2.24, 2.45) is 0 Å². The molecule has 0 aliphatic carbocycles. The van der Waals surface area contributed by atoms with E-state index in [-0.39, 0.29) is 12.5 Å². The quantitative estimate of drug-likeness (QED) is 0.862. The van der Waals surface area contributed by atoms with Crippen molar-refractivity contribution in [3.63, 3.8) is 0 Å². The van der Waals surface area contributed by atoms with E-state index in [9.17, 15) is 4.79 Å². The lowest BCUT2D eigenvalue weighted by atomic mass is 10.2. The first-order chi connectivity index (χ1) is 10.2. The molecule has 0 atom stereocenters. The highest BCUT2D eigenvalue weighted by Gasteiger charge is 2.02. The maximum atomic E-state index is 11.2. The van der Waals surface area contributed by atoms with E-state index in [1.165, 1.54) is 0 Å². The van der Waals surface area contributed by atoms with Crippen LogP contribution in [0.1, 0.15) is 5.56 Å². The summed E-state index contributed by atoms with van der Waals surface area (Å²) in [5, 5.41) is 6.52. The Morgan fingerprint density at radius 1 is 1.19 bits per heavy atom. The molecule has 5 heteroatoms. The first kappa shape index (κ1) is 15.2. The fraction of sp³-hybridized carbons (Fsp3) is 0.188. The molecule has 21 heavy (non-hydrogen) atoms. The van der Waals surface area contributed by atoms with Gasteiger partial charge in [0.05, 0.1) is 0 Å². The van der Waals surface area contributed by atoms with Crippen LogP contribution in [0.2, 0.25) is 5.02 Å². The second-order valence-corrected chi connectivity index (χ2v) is 4.84. The van der Waals surface area contributed by atoms with E-state index in [2.05, 4.69) is 10.6 Å². The molecule has 0 bridgehead atoms. The molecule has 2 rings (SSSR count). The van der Waals surface area contributed by atoms with Crippen LogP contribution in [0, 0.1) is 0 Å². The number of carbonyl (C=O) groups excluding carboxylic acids is 1. The molecule has 0 aliphatic rings. The molecule has 1 amide bonds. The number of carbonyl (C=O) groups is 1. The number of likely N-dealkylation sites (N-methyl/N-ethyl adjacent to an activating group) is 1. The summed E-state index contributed by atoms with van der Waals surface area (Å²) in [7, 11) is 1.58. The van der Waals surface area contributed by atoms with Crippen molar-refractivity contribution in [1.82, 2.24) is 5.32 Å². The van der Waals surface area contributed by atoms with E-state index < -0.39 is 0 Å². The van der Waals surface area contributed by atoms with Gasteiger partial charge in [0.1, 0.15) is 5.75 Å². The van der Waals surface area contributed by atoms with Crippen LogP contribution in [0.15, 0.2) is 48.5 Å². The molecule has 4 nitrogen and oxygen atoms in total. The van der Waals surface area contributed by atoms with Crippen LogP contribution in [0.25, 0.3) is 0 Å². The summed E-state index contributed by atoms with van der Waals surface area (Å²) >= 11 is 6.11. The Morgan fingerprint density at radius 2 is 2.00 bits per heavy atom. The van der Waals surface area contributed by atoms with E-state index in [4.69, 9.17) is 16.3 Å². The van der Waals surface area contributed by atoms with Gasteiger partial charge < -0.3 is 15.4 Å². The second-order valence-electron chi connectivity index (χ2n) is 4.43. The van der Waals surface area contributed by atoms with Crippen LogP contribution in [-0.2, 0) is 11.3 Å². The van der Waals surface area contributed by atoms with Crippen molar-refractivity contribution in [3.8, 4) is 5.75 Å². The molecular formula is C16H17ClN2O2. The molecule has 2 aromatic rings. The van der Waals surface area contributed by atoms with Gasteiger partial charge in [-0.1, -0.05) is 35.9 Å². The van der Waals surface area contributed by atoms with Gasteiger partial charge in [0.25, 0.3) is 5.91 Å². The molecule has 110 valence electrons. The smallest absolute Gasteiger partial charge is 0.257 e. The molecule has 0 aromatic heterocycles. The number of rotatable bonds is 6. The molecule has 0 saturated heterocycles. The fourth-order valence-corrected chi connectivity index (χ4v) is 1.96. The summed E-state index contributed by atoms with van der Waals surface area (Å²) in [4.78, 5) is 11.2. The molecule has 2 aromatic carbocycles. The first-order valence-electron chi connectivity index (χ1n) is 6.60. The van der Waals surface area contributed by atoms with Gasteiger partial charge in [-0.3, -0.25) is 4.79 Å². The van der Waals surface area contributed by atoms with E-state index in [0.29, 0.717) is 12.3 Å². The number of hydrogen-bond acceptors (Lipinski definition) is 3. The molecule has 2 N–H and O–H groups in total. The Bertz CT molecular complexity index is 617. The monoisotopic (exact) mass is 304 g/mol. The summed E-state index contributed by atoms with van der Waals surface area (Å²) in [6.07, 6.45) is 0. The highest BCUT2D eigenvalue weighted by molar-refractivity contribution is 6.31. The average Bonchev–Trinajstić information content (AvgIpc) is 2.52. The minimum atomic E-state index is -0.163. The lowest BCUT2D eigenvalue weighted by molar-refractivity contribution is -0.122. The highest BCUT2D eigenvalue weighted by Crippen LogP contribution is 2.20. The third kappa shape index (κ3) is 4.68. The van der Waals surface area contributed by atoms with Crippen LogP contribution < -0.4 is 15.4 Å². The average molecular weight is 305 g/mol. The van der Waals surface area contributed by atoms with Gasteiger partial charge in [0, 0.05) is 30.4 Å². The van der Waals surface area contributed by atoms with Crippen LogP contribution in [0.5, 0.6) is 5.75 Å². The second kappa shape index (κ2) is 7.55. The molecule has 0 fully saturated rings. The van der Waals surface area contributed by atoms with E-state index >= 15 is 0 Å². The maximum absolute atomic E-state index is 11.2. The Morgan fingerprint density at radius 3 is 2.76 bits per heavy atom. The summed E-state index contributed by atoms with van der Waals surface area (Å²) in [5.41, 5.74) is 1.93. The van der Waals surface area contributed by atoms with Gasteiger partial charge in [-0.25, -0.2) is 0 Å². The molecule has 0 aliphatic heterocycles. The van der Waals surface area contributed by atoms with Crippen LogP contribution in [-0.4, -0.2) is 19.6 Å². The molecule has 0 heterocycles. The third-order valence-electron chi connectivity index (χ3n) is 2.92. The Balaban J connectivity index is 1.95. The molecular weight excluding hydrogens is 288 g/mol. The van der Waals surface area contributed by atoms with Gasteiger partial charge in [0.15, 0.2) is 6.61 Å². The predicted octanol–water partition coefficient (Wildman–Crippen LogP) is 3.08. The minimum absolute atomic E-state index is 0.00443. The van der Waals surface area contributed by atoms with Gasteiger partial charge in [-0.05, 0) is 23.8 Å². The first-order valence-corrected chi connectivity index (χ1v) is 6.97. The Labute approximate surface area is 129 Å². The van der Waals surface area contributed by atoms with Gasteiger partial charge >= 0.3 is 0 Å². The number of nitrogens with one attached hydrogen (secondary N) is 2. The summed E-state index contributed by atoms with van der Waals surface area (Å²) < 4.78 is 5.40. The fourth-order valence-electron chi connectivity index (χ4n) is 1.76. The number of halogens is 1. The van der Waals surface area contributed by atoms with Crippen molar-refractivity contribution in [2.45, 2.75) is 6.54 Å². The Kier molecular flexibility index (Phi) is 5.46. The van der Waals surface area contributed by atoms with E-state index in [1.807, 2.05) is 48.5 Å². The Hall–Kier alpha value is -2.20.